The summed E-state index contributed by atoms with van der Waals surface area (Å²) in [5.41, 5.74) is 0.673. The number of rotatable bonds is 7. The molecule has 134 valence electrons. The van der Waals surface area contributed by atoms with E-state index in [9.17, 15) is 14.0 Å². The number of thioether (sulfide) groups is 1. The van der Waals surface area contributed by atoms with Crippen molar-refractivity contribution in [1.82, 2.24) is 15.5 Å². The van der Waals surface area contributed by atoms with Crippen LogP contribution in [0.3, 0.4) is 0 Å². The smallest absolute Gasteiger partial charge is 0.293 e. The highest BCUT2D eigenvalue weighted by atomic mass is 32.2. The Morgan fingerprint density at radius 2 is 1.92 bits per heavy atom. The van der Waals surface area contributed by atoms with Gasteiger partial charge in [-0.3, -0.25) is 14.5 Å². The molecule has 1 heterocycles. The van der Waals surface area contributed by atoms with Gasteiger partial charge < -0.3 is 10.6 Å². The minimum absolute atomic E-state index is 0.237. The summed E-state index contributed by atoms with van der Waals surface area (Å²) in [6.45, 7) is 3.52. The van der Waals surface area contributed by atoms with Crippen molar-refractivity contribution in [2.75, 3.05) is 19.6 Å². The van der Waals surface area contributed by atoms with E-state index in [0.717, 1.165) is 31.1 Å². The first-order valence-electron chi connectivity index (χ1n) is 8.04. The highest BCUT2D eigenvalue weighted by Crippen LogP contribution is 2.31. The molecule has 0 saturated carbocycles. The van der Waals surface area contributed by atoms with Crippen LogP contribution in [-0.4, -0.2) is 40.8 Å². The predicted octanol–water partition coefficient (Wildman–Crippen LogP) is 3.13. The minimum atomic E-state index is -0.347. The van der Waals surface area contributed by atoms with Gasteiger partial charge in [0.1, 0.15) is 5.82 Å². The lowest BCUT2D eigenvalue weighted by Gasteiger charge is -2.14. The first-order chi connectivity index (χ1) is 12.0. The molecule has 1 saturated heterocycles. The van der Waals surface area contributed by atoms with Crippen molar-refractivity contribution in [2.24, 2.45) is 0 Å². The average Bonchev–Trinajstić information content (AvgIpc) is 2.84. The Morgan fingerprint density at radius 1 is 1.24 bits per heavy atom. The number of nitrogens with one attached hydrogen (secondary N) is 2. The number of amides is 2. The summed E-state index contributed by atoms with van der Waals surface area (Å²) >= 11 is 6.01. The molecule has 0 bridgehead atoms. The van der Waals surface area contributed by atoms with Crippen LogP contribution in [0.2, 0.25) is 0 Å². The van der Waals surface area contributed by atoms with Gasteiger partial charge in [-0.15, -0.1) is 0 Å². The molecule has 2 rings (SSSR count). The molecule has 1 aliphatic rings. The monoisotopic (exact) mass is 381 g/mol. The molecule has 25 heavy (non-hydrogen) atoms. The Bertz CT molecular complexity index is 677. The number of hydrogen-bond donors (Lipinski definition) is 2. The first-order valence-corrected chi connectivity index (χ1v) is 9.26. The molecule has 1 aromatic rings. The summed E-state index contributed by atoms with van der Waals surface area (Å²) < 4.78 is 12.9. The van der Waals surface area contributed by atoms with Crippen LogP contribution in [0.15, 0.2) is 29.2 Å². The number of nitrogens with zero attached hydrogens (tertiary/aromatic N) is 1. The second-order valence-electron chi connectivity index (χ2n) is 5.42. The number of hydrogen-bond acceptors (Lipinski definition) is 4. The van der Waals surface area contributed by atoms with E-state index in [0.29, 0.717) is 22.1 Å². The SMILES string of the molecule is CCCCNC(=S)NCCN1C(=O)S/C(=C\c2ccc(F)cc2)C1=O. The van der Waals surface area contributed by atoms with Crippen LogP contribution in [0.1, 0.15) is 25.3 Å². The zero-order valence-electron chi connectivity index (χ0n) is 13.9. The van der Waals surface area contributed by atoms with Gasteiger partial charge in [-0.2, -0.15) is 0 Å². The van der Waals surface area contributed by atoms with Gasteiger partial charge in [0.2, 0.25) is 0 Å². The largest absolute Gasteiger partial charge is 0.363 e. The van der Waals surface area contributed by atoms with E-state index in [1.165, 1.54) is 17.0 Å². The zero-order valence-corrected chi connectivity index (χ0v) is 15.5. The molecule has 1 aromatic carbocycles. The molecule has 2 N–H and O–H groups in total. The molecule has 1 aliphatic heterocycles. The summed E-state index contributed by atoms with van der Waals surface area (Å²) in [4.78, 5) is 25.9. The van der Waals surface area contributed by atoms with Crippen LogP contribution in [0, 0.1) is 5.82 Å². The number of carbonyl (C=O) groups is 2. The molecule has 0 unspecified atom stereocenters. The fourth-order valence-electron chi connectivity index (χ4n) is 2.13. The van der Waals surface area contributed by atoms with Crippen LogP contribution in [0.4, 0.5) is 9.18 Å². The second kappa shape index (κ2) is 9.53. The Morgan fingerprint density at radius 3 is 2.60 bits per heavy atom. The van der Waals surface area contributed by atoms with Gasteiger partial charge in [0, 0.05) is 19.6 Å². The molecular weight excluding hydrogens is 361 g/mol. The van der Waals surface area contributed by atoms with Gasteiger partial charge in [-0.25, -0.2) is 4.39 Å². The van der Waals surface area contributed by atoms with E-state index < -0.39 is 0 Å². The topological polar surface area (TPSA) is 61.4 Å². The van der Waals surface area contributed by atoms with Crippen molar-refractivity contribution in [3.63, 3.8) is 0 Å². The normalized spacial score (nSPS) is 15.8. The lowest BCUT2D eigenvalue weighted by Crippen LogP contribution is -2.41. The third kappa shape index (κ3) is 5.82. The maximum Gasteiger partial charge on any atom is 0.293 e. The van der Waals surface area contributed by atoms with Gasteiger partial charge in [0.25, 0.3) is 11.1 Å². The Labute approximate surface area is 156 Å². The Balaban J connectivity index is 1.86. The molecular formula is C17H20FN3O2S2. The maximum absolute atomic E-state index is 12.9. The van der Waals surface area contributed by atoms with Crippen molar-refractivity contribution in [2.45, 2.75) is 19.8 Å². The van der Waals surface area contributed by atoms with E-state index >= 15 is 0 Å². The molecule has 1 fully saturated rings. The van der Waals surface area contributed by atoms with Crippen molar-refractivity contribution in [1.29, 1.82) is 0 Å². The second-order valence-corrected chi connectivity index (χ2v) is 6.82. The molecule has 2 amide bonds. The van der Waals surface area contributed by atoms with Gasteiger partial charge in [-0.05, 0) is 54.2 Å². The molecule has 0 aliphatic carbocycles. The summed E-state index contributed by atoms with van der Waals surface area (Å²) in [5.74, 6) is -0.689. The molecule has 8 heteroatoms. The number of thiocarbonyl (C=S) groups is 1. The molecule has 0 radical (unpaired) electrons. The Hall–Kier alpha value is -1.93. The zero-order chi connectivity index (χ0) is 18.2. The average molecular weight is 381 g/mol. The molecule has 0 spiro atoms. The summed E-state index contributed by atoms with van der Waals surface area (Å²) in [6.07, 6.45) is 3.70. The van der Waals surface area contributed by atoms with Crippen molar-refractivity contribution in [3.8, 4) is 0 Å². The van der Waals surface area contributed by atoms with E-state index in [2.05, 4.69) is 17.6 Å². The van der Waals surface area contributed by atoms with E-state index in [-0.39, 0.29) is 23.5 Å². The van der Waals surface area contributed by atoms with Crippen molar-refractivity contribution in [3.05, 3.63) is 40.6 Å². The number of imide groups is 1. The van der Waals surface area contributed by atoms with Crippen molar-refractivity contribution < 1.29 is 14.0 Å². The van der Waals surface area contributed by atoms with Crippen LogP contribution in [0.25, 0.3) is 6.08 Å². The standard InChI is InChI=1S/C17H20FN3O2S2/c1-2-3-8-19-16(24)20-9-10-21-15(22)14(25-17(21)23)11-12-4-6-13(18)7-5-12/h4-7,11H,2-3,8-10H2,1H3,(H2,19,20,24)/b14-11-. The van der Waals surface area contributed by atoms with Gasteiger partial charge >= 0.3 is 0 Å². The lowest BCUT2D eigenvalue weighted by molar-refractivity contribution is -0.122. The van der Waals surface area contributed by atoms with E-state index in [1.54, 1.807) is 18.2 Å². The Kier molecular flexibility index (Phi) is 7.39. The van der Waals surface area contributed by atoms with Gasteiger partial charge in [0.15, 0.2) is 5.11 Å². The van der Waals surface area contributed by atoms with E-state index in [4.69, 9.17) is 12.2 Å². The van der Waals surface area contributed by atoms with Gasteiger partial charge in [0.05, 0.1) is 4.91 Å². The van der Waals surface area contributed by atoms with E-state index in [1.807, 2.05) is 0 Å². The maximum atomic E-state index is 12.9. The van der Waals surface area contributed by atoms with Gasteiger partial charge in [-0.1, -0.05) is 25.5 Å². The summed E-state index contributed by atoms with van der Waals surface area (Å²) in [5, 5.41) is 6.25. The lowest BCUT2D eigenvalue weighted by atomic mass is 10.2. The minimum Gasteiger partial charge on any atom is -0.363 e. The molecule has 0 atom stereocenters. The quantitative estimate of drug-likeness (QED) is 0.430. The van der Waals surface area contributed by atoms with Crippen molar-refractivity contribution >= 4 is 46.3 Å². The first kappa shape index (κ1) is 19.4. The molecule has 0 aromatic heterocycles. The summed E-state index contributed by atoms with van der Waals surface area (Å²) in [6, 6.07) is 5.75. The third-order valence-electron chi connectivity index (χ3n) is 3.48. The highest BCUT2D eigenvalue weighted by Gasteiger charge is 2.34. The number of halogens is 1. The van der Waals surface area contributed by atoms with Crippen LogP contribution in [0.5, 0.6) is 0 Å². The number of unbranched alkanes of at least 4 members (excludes halogenated alkanes) is 1. The molecule has 5 nitrogen and oxygen atoms in total. The van der Waals surface area contributed by atoms with Crippen LogP contribution < -0.4 is 10.6 Å². The fraction of sp³-hybridized carbons (Fsp3) is 0.353. The highest BCUT2D eigenvalue weighted by molar-refractivity contribution is 8.18. The number of benzene rings is 1. The third-order valence-corrected chi connectivity index (χ3v) is 4.67. The predicted molar refractivity (Wildman–Crippen MR) is 103 cm³/mol. The van der Waals surface area contributed by atoms with Crippen LogP contribution >= 0.6 is 24.0 Å². The summed E-state index contributed by atoms with van der Waals surface area (Å²) in [7, 11) is 0. The fourth-order valence-corrected chi connectivity index (χ4v) is 3.19. The van der Waals surface area contributed by atoms with Crippen LogP contribution in [-0.2, 0) is 4.79 Å². The number of carbonyl (C=O) groups excluding carboxylic acids is 2.